The first kappa shape index (κ1) is 15.2. The Morgan fingerprint density at radius 3 is 3.12 bits per heavy atom. The maximum atomic E-state index is 4.50. The second-order valence-electron chi connectivity index (χ2n) is 7.85. The van der Waals surface area contributed by atoms with E-state index in [0.29, 0.717) is 17.9 Å². The molecule has 1 aliphatic carbocycles. The highest BCUT2D eigenvalue weighted by molar-refractivity contribution is 5.88. The smallest absolute Gasteiger partial charge is 0.108 e. The van der Waals surface area contributed by atoms with Crippen LogP contribution in [0.2, 0.25) is 0 Å². The number of aromatic nitrogens is 3. The van der Waals surface area contributed by atoms with Crippen molar-refractivity contribution in [1.29, 1.82) is 0 Å². The summed E-state index contributed by atoms with van der Waals surface area (Å²) < 4.78 is 2.37. The highest BCUT2D eigenvalue weighted by atomic mass is 15.2. The molecule has 5 rings (SSSR count). The molecule has 2 aliphatic rings. The number of likely N-dealkylation sites (tertiary alicyclic amines) is 1. The van der Waals surface area contributed by atoms with Crippen LogP contribution in [0.5, 0.6) is 0 Å². The van der Waals surface area contributed by atoms with Crippen LogP contribution in [0.4, 0.5) is 0 Å². The number of hydrogen-bond acceptors (Lipinski definition) is 2. The maximum absolute atomic E-state index is 4.50. The van der Waals surface area contributed by atoms with Crippen LogP contribution in [0.3, 0.4) is 0 Å². The van der Waals surface area contributed by atoms with Gasteiger partial charge in [0.25, 0.3) is 0 Å². The number of likely N-dealkylation sites (N-methyl/N-ethyl adjacent to an activating group) is 1. The second-order valence-corrected chi connectivity index (χ2v) is 7.85. The summed E-state index contributed by atoms with van der Waals surface area (Å²) in [4.78, 5) is 10.6. The second kappa shape index (κ2) is 5.73. The average Bonchev–Trinajstić information content (AvgIpc) is 3.24. The Morgan fingerprint density at radius 2 is 2.24 bits per heavy atom. The molecule has 3 aromatic rings. The van der Waals surface area contributed by atoms with Gasteiger partial charge in [-0.05, 0) is 43.0 Å². The first-order chi connectivity index (χ1) is 12.2. The molecule has 1 saturated heterocycles. The molecule has 1 N–H and O–H groups in total. The molecule has 3 atom stereocenters. The lowest BCUT2D eigenvalue weighted by Gasteiger charge is -2.45. The van der Waals surface area contributed by atoms with Gasteiger partial charge >= 0.3 is 0 Å². The molecule has 0 amide bonds. The zero-order valence-electron chi connectivity index (χ0n) is 15.1. The molecule has 0 spiro atoms. The summed E-state index contributed by atoms with van der Waals surface area (Å²) in [5.74, 6) is 2.54. The lowest BCUT2D eigenvalue weighted by Crippen LogP contribution is -2.48. The average molecular weight is 334 g/mol. The Hall–Kier alpha value is -2.07. The zero-order chi connectivity index (χ0) is 17.0. The van der Waals surface area contributed by atoms with E-state index in [9.17, 15) is 0 Å². The zero-order valence-corrected chi connectivity index (χ0v) is 15.1. The first-order valence-corrected chi connectivity index (χ1v) is 9.53. The number of fused-ring (bicyclic) bond motifs is 2. The third-order valence-corrected chi connectivity index (χ3v) is 6.39. The molecule has 1 fully saturated rings. The molecule has 0 saturated carbocycles. The largest absolute Gasteiger partial charge is 0.361 e. The molecule has 1 aromatic carbocycles. The monoisotopic (exact) mass is 334 g/mol. The molecule has 1 aliphatic heterocycles. The van der Waals surface area contributed by atoms with Gasteiger partial charge in [-0.25, -0.2) is 4.98 Å². The van der Waals surface area contributed by atoms with Gasteiger partial charge in [0, 0.05) is 61.0 Å². The van der Waals surface area contributed by atoms with Crippen LogP contribution in [0.25, 0.3) is 10.9 Å². The van der Waals surface area contributed by atoms with Crippen molar-refractivity contribution in [3.8, 4) is 0 Å². The van der Waals surface area contributed by atoms with E-state index in [0.717, 1.165) is 13.0 Å². The van der Waals surface area contributed by atoms with E-state index in [1.54, 1.807) is 5.56 Å². The van der Waals surface area contributed by atoms with E-state index in [-0.39, 0.29) is 0 Å². The highest BCUT2D eigenvalue weighted by Crippen LogP contribution is 2.44. The van der Waals surface area contributed by atoms with Crippen LogP contribution in [0.15, 0.2) is 36.8 Å². The van der Waals surface area contributed by atoms with Gasteiger partial charge in [-0.3, -0.25) is 0 Å². The van der Waals surface area contributed by atoms with Crippen LogP contribution in [0, 0.1) is 5.92 Å². The Labute approximate surface area is 148 Å². The Morgan fingerprint density at radius 1 is 1.32 bits per heavy atom. The van der Waals surface area contributed by atoms with Gasteiger partial charge in [0.15, 0.2) is 0 Å². The van der Waals surface area contributed by atoms with Gasteiger partial charge in [0.05, 0.1) is 0 Å². The predicted molar refractivity (Wildman–Crippen MR) is 101 cm³/mol. The van der Waals surface area contributed by atoms with Crippen LogP contribution in [0.1, 0.15) is 36.2 Å². The van der Waals surface area contributed by atoms with Crippen molar-refractivity contribution in [2.75, 3.05) is 13.6 Å². The van der Waals surface area contributed by atoms with Crippen LogP contribution >= 0.6 is 0 Å². The van der Waals surface area contributed by atoms with Crippen LogP contribution < -0.4 is 0 Å². The van der Waals surface area contributed by atoms with E-state index >= 15 is 0 Å². The van der Waals surface area contributed by atoms with Gasteiger partial charge in [-0.15, -0.1) is 0 Å². The minimum absolute atomic E-state index is 0.638. The molecule has 0 bridgehead atoms. The van der Waals surface area contributed by atoms with Crippen molar-refractivity contribution in [3.05, 3.63) is 53.7 Å². The number of imidazole rings is 1. The summed E-state index contributed by atoms with van der Waals surface area (Å²) >= 11 is 0. The Kier molecular flexibility index (Phi) is 3.49. The molecule has 0 unspecified atom stereocenters. The molecule has 2 aromatic heterocycles. The fourth-order valence-corrected chi connectivity index (χ4v) is 5.29. The molecule has 3 heterocycles. The number of nitrogens with zero attached hydrogens (tertiary/aromatic N) is 3. The normalized spacial score (nSPS) is 26.1. The molecular formula is C21H26N4. The minimum atomic E-state index is 0.638. The van der Waals surface area contributed by atoms with Gasteiger partial charge in [-0.2, -0.15) is 0 Å². The summed E-state index contributed by atoms with van der Waals surface area (Å²) in [6.07, 6.45) is 9.78. The number of aromatic amines is 1. The maximum Gasteiger partial charge on any atom is 0.108 e. The summed E-state index contributed by atoms with van der Waals surface area (Å²) in [5.41, 5.74) is 4.36. The van der Waals surface area contributed by atoms with E-state index in [1.165, 1.54) is 41.7 Å². The molecule has 130 valence electrons. The van der Waals surface area contributed by atoms with E-state index in [1.807, 2.05) is 6.20 Å². The number of hydrogen-bond donors (Lipinski definition) is 1. The number of nitrogens with one attached hydrogen (secondary N) is 1. The van der Waals surface area contributed by atoms with E-state index in [4.69, 9.17) is 0 Å². The summed E-state index contributed by atoms with van der Waals surface area (Å²) in [6.45, 7) is 4.46. The topological polar surface area (TPSA) is 36.9 Å². The number of rotatable bonds is 3. The van der Waals surface area contributed by atoms with Crippen molar-refractivity contribution < 1.29 is 0 Å². The van der Waals surface area contributed by atoms with Crippen molar-refractivity contribution in [1.82, 2.24) is 19.4 Å². The van der Waals surface area contributed by atoms with Gasteiger partial charge in [0.1, 0.15) is 5.82 Å². The van der Waals surface area contributed by atoms with Gasteiger partial charge in [0.2, 0.25) is 0 Å². The fourth-order valence-electron chi connectivity index (χ4n) is 5.29. The molecular weight excluding hydrogens is 308 g/mol. The quantitative estimate of drug-likeness (QED) is 0.795. The van der Waals surface area contributed by atoms with Crippen molar-refractivity contribution in [2.45, 2.75) is 44.7 Å². The van der Waals surface area contributed by atoms with E-state index < -0.39 is 0 Å². The molecule has 4 nitrogen and oxygen atoms in total. The van der Waals surface area contributed by atoms with Crippen molar-refractivity contribution in [3.63, 3.8) is 0 Å². The number of benzene rings is 1. The van der Waals surface area contributed by atoms with E-state index in [2.05, 4.69) is 64.0 Å². The van der Waals surface area contributed by atoms with Gasteiger partial charge < -0.3 is 14.5 Å². The lowest BCUT2D eigenvalue weighted by molar-refractivity contribution is 0.103. The number of piperidine rings is 1. The van der Waals surface area contributed by atoms with Gasteiger partial charge in [-0.1, -0.05) is 19.1 Å². The fraction of sp³-hybridized carbons (Fsp3) is 0.476. The summed E-state index contributed by atoms with van der Waals surface area (Å²) in [7, 11) is 2.32. The SMILES string of the molecule is CCc1nccn1C[C@H]1C[C@@H]2c3cccc4[nH]cc(c34)C[C@H]2N(C)C1. The standard InChI is InChI=1S/C21H26N4/c1-3-20-22-7-8-25(20)13-14-9-17-16-5-4-6-18-21(16)15(11-23-18)10-19(17)24(2)12-14/h4-8,11,14,17,19,23H,3,9-10,12-13H2,1-2H3/t14-,17+,19+/m0/s1. The van der Waals surface area contributed by atoms with Crippen molar-refractivity contribution >= 4 is 10.9 Å². The first-order valence-electron chi connectivity index (χ1n) is 9.53. The highest BCUT2D eigenvalue weighted by Gasteiger charge is 2.39. The molecule has 25 heavy (non-hydrogen) atoms. The molecule has 4 heteroatoms. The lowest BCUT2D eigenvalue weighted by atomic mass is 9.72. The third-order valence-electron chi connectivity index (χ3n) is 6.39. The predicted octanol–water partition coefficient (Wildman–Crippen LogP) is 3.59. The summed E-state index contributed by atoms with van der Waals surface area (Å²) in [5, 5.41) is 1.50. The van der Waals surface area contributed by atoms with Crippen LogP contribution in [-0.4, -0.2) is 39.1 Å². The number of aryl methyl sites for hydroxylation is 1. The number of H-pyrrole nitrogens is 1. The third kappa shape index (κ3) is 2.35. The van der Waals surface area contributed by atoms with Crippen LogP contribution in [-0.2, 0) is 19.4 Å². The van der Waals surface area contributed by atoms with Crippen molar-refractivity contribution in [2.24, 2.45) is 5.92 Å². The molecule has 0 radical (unpaired) electrons. The minimum Gasteiger partial charge on any atom is -0.361 e. The Balaban J connectivity index is 1.48. The summed E-state index contributed by atoms with van der Waals surface area (Å²) in [6, 6.07) is 7.43. The Bertz CT molecular complexity index is 906.